The lowest BCUT2D eigenvalue weighted by molar-refractivity contribution is -0.135. The molecule has 1 aliphatic carbocycles. The molecule has 2 aromatic carbocycles. The first-order chi connectivity index (χ1) is 9.84. The molecular formula is C18H14O2. The number of hydrogen-bond acceptors (Lipinski definition) is 2. The molecule has 98 valence electrons. The Bertz CT molecular complexity index is 713. The summed E-state index contributed by atoms with van der Waals surface area (Å²) < 4.78 is 5.29. The number of rotatable bonds is 1. The quantitative estimate of drug-likeness (QED) is 0.738. The van der Waals surface area contributed by atoms with E-state index in [9.17, 15) is 4.79 Å². The molecule has 0 unspecified atom stereocenters. The third kappa shape index (κ3) is 1.61. The van der Waals surface area contributed by atoms with Crippen molar-refractivity contribution < 1.29 is 9.53 Å². The second kappa shape index (κ2) is 4.34. The van der Waals surface area contributed by atoms with Crippen molar-refractivity contribution in [3.63, 3.8) is 0 Å². The van der Waals surface area contributed by atoms with Crippen LogP contribution in [-0.2, 0) is 16.0 Å². The largest absolute Gasteiger partial charge is 0.462 e. The lowest BCUT2D eigenvalue weighted by Gasteiger charge is -2.23. The highest BCUT2D eigenvalue weighted by Crippen LogP contribution is 2.41. The molecule has 2 heteroatoms. The summed E-state index contributed by atoms with van der Waals surface area (Å²) in [5.74, 6) is 0.0518. The van der Waals surface area contributed by atoms with E-state index in [1.165, 1.54) is 11.1 Å². The SMILES string of the molecule is O=C1OC[C@H]2Cc3ccccc3C(c3ccccc3)=C12. The smallest absolute Gasteiger partial charge is 0.335 e. The zero-order valence-electron chi connectivity index (χ0n) is 11.0. The molecule has 20 heavy (non-hydrogen) atoms. The summed E-state index contributed by atoms with van der Waals surface area (Å²) in [5, 5.41) is 0. The molecule has 0 bridgehead atoms. The maximum absolute atomic E-state index is 12.1. The van der Waals surface area contributed by atoms with Gasteiger partial charge in [-0.25, -0.2) is 4.79 Å². The molecule has 2 aromatic rings. The van der Waals surface area contributed by atoms with Gasteiger partial charge in [0.25, 0.3) is 0 Å². The molecule has 4 rings (SSSR count). The first-order valence-corrected chi connectivity index (χ1v) is 6.89. The minimum absolute atomic E-state index is 0.150. The van der Waals surface area contributed by atoms with Crippen molar-refractivity contribution in [1.82, 2.24) is 0 Å². The minimum atomic E-state index is -0.150. The van der Waals surface area contributed by atoms with E-state index in [1.807, 2.05) is 24.3 Å². The molecule has 0 amide bonds. The van der Waals surface area contributed by atoms with Gasteiger partial charge in [-0.3, -0.25) is 0 Å². The van der Waals surface area contributed by atoms with Crippen LogP contribution in [0, 0.1) is 5.92 Å². The second-order valence-electron chi connectivity index (χ2n) is 5.31. The van der Waals surface area contributed by atoms with E-state index < -0.39 is 0 Å². The van der Waals surface area contributed by atoms with Crippen LogP contribution >= 0.6 is 0 Å². The summed E-state index contributed by atoms with van der Waals surface area (Å²) in [5.41, 5.74) is 5.48. The van der Waals surface area contributed by atoms with E-state index >= 15 is 0 Å². The Labute approximate surface area is 117 Å². The number of cyclic esters (lactones) is 1. The normalized spacial score (nSPS) is 20.4. The van der Waals surface area contributed by atoms with Crippen LogP contribution < -0.4 is 0 Å². The Balaban J connectivity index is 2.02. The Morgan fingerprint density at radius 3 is 2.55 bits per heavy atom. The fourth-order valence-electron chi connectivity index (χ4n) is 3.24. The van der Waals surface area contributed by atoms with Crippen molar-refractivity contribution in [2.75, 3.05) is 6.61 Å². The molecule has 2 nitrogen and oxygen atoms in total. The van der Waals surface area contributed by atoms with Gasteiger partial charge >= 0.3 is 5.97 Å². The molecule has 1 aliphatic heterocycles. The summed E-state index contributed by atoms with van der Waals surface area (Å²) in [6, 6.07) is 18.5. The molecule has 0 spiro atoms. The van der Waals surface area contributed by atoms with Crippen LogP contribution in [0.25, 0.3) is 5.57 Å². The molecule has 0 N–H and O–H groups in total. The Hall–Kier alpha value is -2.35. The highest BCUT2D eigenvalue weighted by atomic mass is 16.5. The minimum Gasteiger partial charge on any atom is -0.462 e. The van der Waals surface area contributed by atoms with Crippen molar-refractivity contribution in [3.8, 4) is 0 Å². The fraction of sp³-hybridized carbons (Fsp3) is 0.167. The molecular weight excluding hydrogens is 248 g/mol. The Morgan fingerprint density at radius 1 is 0.950 bits per heavy atom. The average Bonchev–Trinajstić information content (AvgIpc) is 2.87. The molecule has 0 aromatic heterocycles. The van der Waals surface area contributed by atoms with E-state index in [-0.39, 0.29) is 11.9 Å². The van der Waals surface area contributed by atoms with E-state index in [0.29, 0.717) is 6.61 Å². The zero-order valence-corrected chi connectivity index (χ0v) is 11.0. The van der Waals surface area contributed by atoms with Gasteiger partial charge in [-0.1, -0.05) is 54.6 Å². The van der Waals surface area contributed by atoms with Gasteiger partial charge in [0.2, 0.25) is 0 Å². The van der Waals surface area contributed by atoms with Crippen LogP contribution in [0.1, 0.15) is 16.7 Å². The van der Waals surface area contributed by atoms with E-state index in [2.05, 4.69) is 30.3 Å². The number of fused-ring (bicyclic) bond motifs is 2. The predicted octanol–water partition coefficient (Wildman–Crippen LogP) is 3.22. The van der Waals surface area contributed by atoms with Crippen molar-refractivity contribution >= 4 is 11.5 Å². The number of carbonyl (C=O) groups excluding carboxylic acids is 1. The molecule has 2 aliphatic rings. The van der Waals surface area contributed by atoms with Gasteiger partial charge in [-0.15, -0.1) is 0 Å². The Kier molecular flexibility index (Phi) is 2.49. The molecule has 1 atom stereocenters. The molecule has 1 saturated heterocycles. The van der Waals surface area contributed by atoms with Crippen LogP contribution in [-0.4, -0.2) is 12.6 Å². The Morgan fingerprint density at radius 2 is 1.70 bits per heavy atom. The van der Waals surface area contributed by atoms with Gasteiger partial charge in [-0.05, 0) is 23.1 Å². The van der Waals surface area contributed by atoms with Crippen LogP contribution in [0.4, 0.5) is 0 Å². The number of ether oxygens (including phenoxy) is 1. The van der Waals surface area contributed by atoms with Crippen molar-refractivity contribution in [1.29, 1.82) is 0 Å². The number of carbonyl (C=O) groups is 1. The summed E-state index contributed by atoms with van der Waals surface area (Å²) in [4.78, 5) is 12.1. The number of hydrogen-bond donors (Lipinski definition) is 0. The average molecular weight is 262 g/mol. The van der Waals surface area contributed by atoms with Crippen LogP contribution in [0.3, 0.4) is 0 Å². The summed E-state index contributed by atoms with van der Waals surface area (Å²) in [6.07, 6.45) is 0.896. The van der Waals surface area contributed by atoms with E-state index in [0.717, 1.165) is 23.1 Å². The number of benzene rings is 2. The highest BCUT2D eigenvalue weighted by molar-refractivity contribution is 6.05. The topological polar surface area (TPSA) is 26.3 Å². The van der Waals surface area contributed by atoms with Gasteiger partial charge in [0.1, 0.15) is 0 Å². The second-order valence-corrected chi connectivity index (χ2v) is 5.31. The summed E-state index contributed by atoms with van der Waals surface area (Å²) in [6.45, 7) is 0.513. The van der Waals surface area contributed by atoms with Gasteiger partial charge < -0.3 is 4.74 Å². The summed E-state index contributed by atoms with van der Waals surface area (Å²) >= 11 is 0. The van der Waals surface area contributed by atoms with Crippen molar-refractivity contribution in [3.05, 3.63) is 76.9 Å². The van der Waals surface area contributed by atoms with Crippen LogP contribution in [0.5, 0.6) is 0 Å². The fourth-order valence-corrected chi connectivity index (χ4v) is 3.24. The molecule has 0 radical (unpaired) electrons. The molecule has 1 heterocycles. The van der Waals surface area contributed by atoms with Gasteiger partial charge in [0.15, 0.2) is 0 Å². The zero-order chi connectivity index (χ0) is 13.5. The first kappa shape index (κ1) is 11.5. The molecule has 0 saturated carbocycles. The third-order valence-electron chi connectivity index (χ3n) is 4.13. The van der Waals surface area contributed by atoms with Crippen molar-refractivity contribution in [2.45, 2.75) is 6.42 Å². The van der Waals surface area contributed by atoms with Gasteiger partial charge in [0.05, 0.1) is 12.2 Å². The maximum Gasteiger partial charge on any atom is 0.335 e. The maximum atomic E-state index is 12.1. The summed E-state index contributed by atoms with van der Waals surface area (Å²) in [7, 11) is 0. The van der Waals surface area contributed by atoms with E-state index in [4.69, 9.17) is 4.74 Å². The highest BCUT2D eigenvalue weighted by Gasteiger charge is 2.38. The monoisotopic (exact) mass is 262 g/mol. The third-order valence-corrected chi connectivity index (χ3v) is 4.13. The number of esters is 1. The standard InChI is InChI=1S/C18H14O2/c19-18-17-14(11-20-18)10-13-8-4-5-9-15(13)16(17)12-6-2-1-3-7-12/h1-9,14H,10-11H2/t14-/m1/s1. The van der Waals surface area contributed by atoms with Gasteiger partial charge in [-0.2, -0.15) is 0 Å². The van der Waals surface area contributed by atoms with Gasteiger partial charge in [0, 0.05) is 11.5 Å². The predicted molar refractivity (Wildman–Crippen MR) is 77.1 cm³/mol. The lowest BCUT2D eigenvalue weighted by Crippen LogP contribution is -2.17. The van der Waals surface area contributed by atoms with E-state index in [1.54, 1.807) is 0 Å². The van der Waals surface area contributed by atoms with Crippen LogP contribution in [0.2, 0.25) is 0 Å². The van der Waals surface area contributed by atoms with Crippen molar-refractivity contribution in [2.24, 2.45) is 5.92 Å². The van der Waals surface area contributed by atoms with Crippen LogP contribution in [0.15, 0.2) is 60.2 Å². The lowest BCUT2D eigenvalue weighted by atomic mass is 9.77. The molecule has 1 fully saturated rings. The first-order valence-electron chi connectivity index (χ1n) is 6.89.